The number of hydrogen-bond acceptors (Lipinski definition) is 3. The molecule has 1 aromatic rings. The van der Waals surface area contributed by atoms with E-state index in [0.29, 0.717) is 6.04 Å². The lowest BCUT2D eigenvalue weighted by molar-refractivity contribution is 0.263. The molecule has 84 valence electrons. The first kappa shape index (κ1) is 11.1. The summed E-state index contributed by atoms with van der Waals surface area (Å²) in [5, 5.41) is 2.18. The van der Waals surface area contributed by atoms with Crippen molar-refractivity contribution in [1.82, 2.24) is 5.43 Å². The lowest BCUT2D eigenvalue weighted by Crippen LogP contribution is -2.31. The summed E-state index contributed by atoms with van der Waals surface area (Å²) in [6.45, 7) is 2.21. The minimum atomic E-state index is 0.380. The second-order valence-corrected chi connectivity index (χ2v) is 5.36. The van der Waals surface area contributed by atoms with Crippen molar-refractivity contribution < 1.29 is 0 Å². The van der Waals surface area contributed by atoms with E-state index < -0.39 is 0 Å². The van der Waals surface area contributed by atoms with Crippen LogP contribution >= 0.6 is 11.3 Å². The molecular formula is C12H20N2S. The molecule has 0 radical (unpaired) electrons. The van der Waals surface area contributed by atoms with Gasteiger partial charge in [0, 0.05) is 4.88 Å². The topological polar surface area (TPSA) is 38.0 Å². The van der Waals surface area contributed by atoms with Gasteiger partial charge in [-0.15, -0.1) is 11.3 Å². The summed E-state index contributed by atoms with van der Waals surface area (Å²) in [4.78, 5) is 1.45. The van der Waals surface area contributed by atoms with E-state index >= 15 is 0 Å². The maximum Gasteiger partial charge on any atom is 0.0558 e. The van der Waals surface area contributed by atoms with Crippen LogP contribution in [0.1, 0.15) is 49.1 Å². The highest BCUT2D eigenvalue weighted by atomic mass is 32.1. The Morgan fingerprint density at radius 2 is 2.40 bits per heavy atom. The zero-order valence-corrected chi connectivity index (χ0v) is 10.1. The molecule has 0 aliphatic heterocycles. The molecule has 1 fully saturated rings. The predicted molar refractivity (Wildman–Crippen MR) is 65.7 cm³/mol. The summed E-state index contributed by atoms with van der Waals surface area (Å²) in [6, 6.07) is 2.61. The monoisotopic (exact) mass is 224 g/mol. The number of hydrazine groups is 1. The van der Waals surface area contributed by atoms with E-state index in [1.807, 2.05) is 11.3 Å². The normalized spacial score (nSPS) is 18.8. The molecular weight excluding hydrogens is 204 g/mol. The van der Waals surface area contributed by atoms with Gasteiger partial charge in [-0.1, -0.05) is 26.2 Å². The Labute approximate surface area is 95.8 Å². The fourth-order valence-electron chi connectivity index (χ4n) is 2.26. The average Bonchev–Trinajstić information content (AvgIpc) is 2.64. The van der Waals surface area contributed by atoms with Crippen molar-refractivity contribution in [2.45, 2.75) is 45.1 Å². The van der Waals surface area contributed by atoms with Crippen molar-refractivity contribution in [2.24, 2.45) is 11.8 Å². The number of nitrogens with one attached hydrogen (secondary N) is 1. The largest absolute Gasteiger partial charge is 0.271 e. The number of aryl methyl sites for hydroxylation is 1. The predicted octanol–water partition coefficient (Wildman–Crippen LogP) is 3.01. The van der Waals surface area contributed by atoms with Gasteiger partial charge in [0.05, 0.1) is 6.04 Å². The Morgan fingerprint density at radius 3 is 2.93 bits per heavy atom. The summed E-state index contributed by atoms with van der Waals surface area (Å²) < 4.78 is 0. The van der Waals surface area contributed by atoms with Crippen LogP contribution in [0.4, 0.5) is 0 Å². The third kappa shape index (κ3) is 2.41. The lowest BCUT2D eigenvalue weighted by atomic mass is 9.80. The van der Waals surface area contributed by atoms with Crippen molar-refractivity contribution in [3.63, 3.8) is 0 Å². The van der Waals surface area contributed by atoms with E-state index in [-0.39, 0.29) is 0 Å². The molecule has 0 spiro atoms. The number of thiophene rings is 1. The van der Waals surface area contributed by atoms with Gasteiger partial charge in [-0.25, -0.2) is 0 Å². The molecule has 1 aliphatic carbocycles. The van der Waals surface area contributed by atoms with Crippen LogP contribution in [-0.4, -0.2) is 0 Å². The molecule has 1 unspecified atom stereocenters. The molecule has 1 saturated carbocycles. The molecule has 1 atom stereocenters. The first-order valence-corrected chi connectivity index (χ1v) is 6.75. The van der Waals surface area contributed by atoms with Crippen LogP contribution < -0.4 is 11.3 Å². The Bertz CT molecular complexity index is 304. The SMILES string of the molecule is CCc1ccsc1C(CC1CCC1)NN. The summed E-state index contributed by atoms with van der Waals surface area (Å²) in [7, 11) is 0. The van der Waals surface area contributed by atoms with Crippen LogP contribution in [0.25, 0.3) is 0 Å². The van der Waals surface area contributed by atoms with Crippen LogP contribution in [0, 0.1) is 5.92 Å². The van der Waals surface area contributed by atoms with Crippen molar-refractivity contribution in [2.75, 3.05) is 0 Å². The van der Waals surface area contributed by atoms with Gasteiger partial charge in [0.25, 0.3) is 0 Å². The summed E-state index contributed by atoms with van der Waals surface area (Å²) in [6.07, 6.45) is 6.52. The molecule has 1 aliphatic rings. The summed E-state index contributed by atoms with van der Waals surface area (Å²) in [5.41, 5.74) is 4.45. The van der Waals surface area contributed by atoms with Crippen molar-refractivity contribution in [1.29, 1.82) is 0 Å². The standard InChI is InChI=1S/C12H20N2S/c1-2-10-6-7-15-12(10)11(14-13)8-9-4-3-5-9/h6-7,9,11,14H,2-5,8,13H2,1H3. The van der Waals surface area contributed by atoms with Crippen molar-refractivity contribution in [3.8, 4) is 0 Å². The van der Waals surface area contributed by atoms with Gasteiger partial charge in [-0.2, -0.15) is 0 Å². The van der Waals surface area contributed by atoms with Crippen LogP contribution in [0.3, 0.4) is 0 Å². The van der Waals surface area contributed by atoms with Gasteiger partial charge in [0.1, 0.15) is 0 Å². The highest BCUT2D eigenvalue weighted by molar-refractivity contribution is 7.10. The quantitative estimate of drug-likeness (QED) is 0.596. The van der Waals surface area contributed by atoms with E-state index in [4.69, 9.17) is 5.84 Å². The van der Waals surface area contributed by atoms with Crippen LogP contribution in [0.15, 0.2) is 11.4 Å². The second-order valence-electron chi connectivity index (χ2n) is 4.42. The molecule has 0 bridgehead atoms. The van der Waals surface area contributed by atoms with E-state index in [1.165, 1.54) is 36.1 Å². The van der Waals surface area contributed by atoms with Crippen molar-refractivity contribution in [3.05, 3.63) is 21.9 Å². The van der Waals surface area contributed by atoms with E-state index in [0.717, 1.165) is 12.3 Å². The number of nitrogens with two attached hydrogens (primary N) is 1. The van der Waals surface area contributed by atoms with Gasteiger partial charge >= 0.3 is 0 Å². The van der Waals surface area contributed by atoms with E-state index in [2.05, 4.69) is 23.8 Å². The van der Waals surface area contributed by atoms with Crippen LogP contribution in [0.5, 0.6) is 0 Å². The molecule has 1 heterocycles. The zero-order valence-electron chi connectivity index (χ0n) is 9.33. The minimum Gasteiger partial charge on any atom is -0.271 e. The highest BCUT2D eigenvalue weighted by Crippen LogP contribution is 2.36. The number of rotatable bonds is 5. The van der Waals surface area contributed by atoms with Gasteiger partial charge in [-0.05, 0) is 35.8 Å². The smallest absolute Gasteiger partial charge is 0.0558 e. The summed E-state index contributed by atoms with van der Waals surface area (Å²) in [5.74, 6) is 6.57. The Kier molecular flexibility index (Phi) is 3.78. The van der Waals surface area contributed by atoms with Gasteiger partial charge in [-0.3, -0.25) is 11.3 Å². The van der Waals surface area contributed by atoms with Crippen LogP contribution in [0.2, 0.25) is 0 Å². The molecule has 2 rings (SSSR count). The molecule has 2 nitrogen and oxygen atoms in total. The molecule has 3 heteroatoms. The third-order valence-electron chi connectivity index (χ3n) is 3.47. The Morgan fingerprint density at radius 1 is 1.60 bits per heavy atom. The Balaban J connectivity index is 2.04. The first-order valence-electron chi connectivity index (χ1n) is 5.87. The van der Waals surface area contributed by atoms with E-state index in [9.17, 15) is 0 Å². The zero-order chi connectivity index (χ0) is 10.7. The minimum absolute atomic E-state index is 0.380. The number of hydrogen-bond donors (Lipinski definition) is 2. The molecule has 0 amide bonds. The van der Waals surface area contributed by atoms with Crippen LogP contribution in [-0.2, 0) is 6.42 Å². The fraction of sp³-hybridized carbons (Fsp3) is 0.667. The molecule has 3 N–H and O–H groups in total. The van der Waals surface area contributed by atoms with E-state index in [1.54, 1.807) is 0 Å². The third-order valence-corrected chi connectivity index (χ3v) is 4.55. The maximum atomic E-state index is 5.67. The van der Waals surface area contributed by atoms with Gasteiger partial charge in [0.15, 0.2) is 0 Å². The average molecular weight is 224 g/mol. The lowest BCUT2D eigenvalue weighted by Gasteiger charge is -2.29. The molecule has 0 saturated heterocycles. The van der Waals surface area contributed by atoms with Crippen molar-refractivity contribution >= 4 is 11.3 Å². The molecule has 1 aromatic heterocycles. The highest BCUT2D eigenvalue weighted by Gasteiger charge is 2.24. The molecule has 15 heavy (non-hydrogen) atoms. The Hall–Kier alpha value is -0.380. The first-order chi connectivity index (χ1) is 7.35. The van der Waals surface area contributed by atoms with Gasteiger partial charge < -0.3 is 0 Å². The fourth-order valence-corrected chi connectivity index (χ4v) is 3.33. The summed E-state index contributed by atoms with van der Waals surface area (Å²) >= 11 is 1.84. The maximum absolute atomic E-state index is 5.67. The van der Waals surface area contributed by atoms with Gasteiger partial charge in [0.2, 0.25) is 0 Å². The molecule has 0 aromatic carbocycles. The second kappa shape index (κ2) is 5.10.